The molecule has 9 heteroatoms. The van der Waals surface area contributed by atoms with Crippen LogP contribution < -0.4 is 10.9 Å². The van der Waals surface area contributed by atoms with Gasteiger partial charge in [-0.1, -0.05) is 0 Å². The minimum absolute atomic E-state index is 0.0388. The van der Waals surface area contributed by atoms with Crippen LogP contribution in [0.2, 0.25) is 0 Å². The van der Waals surface area contributed by atoms with Crippen molar-refractivity contribution in [2.75, 3.05) is 18.1 Å². The number of sulfone groups is 1. The van der Waals surface area contributed by atoms with Crippen LogP contribution in [-0.4, -0.2) is 49.4 Å². The van der Waals surface area contributed by atoms with E-state index in [-0.39, 0.29) is 17.1 Å². The lowest BCUT2D eigenvalue weighted by molar-refractivity contribution is -0.124. The van der Waals surface area contributed by atoms with E-state index in [9.17, 15) is 22.8 Å². The number of aromatic nitrogens is 1. The van der Waals surface area contributed by atoms with Gasteiger partial charge in [-0.15, -0.1) is 0 Å². The fraction of sp³-hybridized carbons (Fsp3) is 0.417. The fourth-order valence-corrected chi connectivity index (χ4v) is 3.64. The first-order valence-corrected chi connectivity index (χ1v) is 8.04. The molecule has 1 aromatic heterocycles. The molecule has 0 saturated carbocycles. The van der Waals surface area contributed by atoms with Gasteiger partial charge in [-0.05, 0) is 18.6 Å². The SMILES string of the molecule is O=C(COC(=O)c1ccc[nH]c1=O)N[C@@H]1CCS(=O)(=O)C1. The summed E-state index contributed by atoms with van der Waals surface area (Å²) in [6, 6.07) is 2.28. The highest BCUT2D eigenvalue weighted by Crippen LogP contribution is 2.10. The standard InChI is InChI=1S/C12H14N2O6S/c15-10(14-8-3-5-21(18,19)7-8)6-20-12(17)9-2-1-4-13-11(9)16/h1-2,4,8H,3,5-7H2,(H,13,16)(H,14,15)/t8-/m1/s1. The van der Waals surface area contributed by atoms with Crippen molar-refractivity contribution < 1.29 is 22.7 Å². The second-order valence-corrected chi connectivity index (χ2v) is 6.89. The van der Waals surface area contributed by atoms with E-state index in [2.05, 4.69) is 10.3 Å². The molecule has 1 fully saturated rings. The van der Waals surface area contributed by atoms with E-state index in [4.69, 9.17) is 4.74 Å². The second kappa shape index (κ2) is 6.08. The first-order valence-electron chi connectivity index (χ1n) is 6.22. The molecule has 1 aromatic rings. The first-order chi connectivity index (χ1) is 9.87. The maximum atomic E-state index is 11.6. The molecule has 1 atom stereocenters. The maximum Gasteiger partial charge on any atom is 0.344 e. The van der Waals surface area contributed by atoms with Crippen molar-refractivity contribution in [1.82, 2.24) is 10.3 Å². The Labute approximate surface area is 120 Å². The number of hydrogen-bond donors (Lipinski definition) is 2. The van der Waals surface area contributed by atoms with Crippen molar-refractivity contribution in [2.45, 2.75) is 12.5 Å². The number of carbonyl (C=O) groups excluding carboxylic acids is 2. The molecule has 1 saturated heterocycles. The van der Waals surface area contributed by atoms with Gasteiger partial charge < -0.3 is 15.0 Å². The van der Waals surface area contributed by atoms with Crippen molar-refractivity contribution in [3.8, 4) is 0 Å². The first kappa shape index (κ1) is 15.2. The lowest BCUT2D eigenvalue weighted by Crippen LogP contribution is -2.38. The van der Waals surface area contributed by atoms with Crippen LogP contribution >= 0.6 is 0 Å². The van der Waals surface area contributed by atoms with Gasteiger partial charge in [-0.2, -0.15) is 0 Å². The summed E-state index contributed by atoms with van der Waals surface area (Å²) in [5.41, 5.74) is -0.807. The topological polar surface area (TPSA) is 122 Å². The van der Waals surface area contributed by atoms with Crippen LogP contribution in [0.5, 0.6) is 0 Å². The molecule has 8 nitrogen and oxygen atoms in total. The third kappa shape index (κ3) is 4.15. The van der Waals surface area contributed by atoms with E-state index >= 15 is 0 Å². The van der Waals surface area contributed by atoms with Crippen LogP contribution in [0.4, 0.5) is 0 Å². The Balaban J connectivity index is 1.83. The molecular formula is C12H14N2O6S. The van der Waals surface area contributed by atoms with Gasteiger partial charge >= 0.3 is 5.97 Å². The molecule has 0 aromatic carbocycles. The minimum atomic E-state index is -3.09. The minimum Gasteiger partial charge on any atom is -0.452 e. The molecule has 1 aliphatic rings. The summed E-state index contributed by atoms with van der Waals surface area (Å²) in [6.07, 6.45) is 1.72. The summed E-state index contributed by atoms with van der Waals surface area (Å²) in [7, 11) is -3.09. The van der Waals surface area contributed by atoms with Crippen LogP contribution in [0, 0.1) is 0 Å². The number of pyridine rings is 1. The summed E-state index contributed by atoms with van der Waals surface area (Å²) < 4.78 is 27.2. The quantitative estimate of drug-likeness (QED) is 0.676. The van der Waals surface area contributed by atoms with Gasteiger partial charge in [0, 0.05) is 12.2 Å². The van der Waals surface area contributed by atoms with Crippen LogP contribution in [0.25, 0.3) is 0 Å². The Morgan fingerprint density at radius 1 is 1.43 bits per heavy atom. The summed E-state index contributed by atoms with van der Waals surface area (Å²) in [6.45, 7) is -0.566. The van der Waals surface area contributed by atoms with E-state index in [1.165, 1.54) is 18.3 Å². The molecule has 21 heavy (non-hydrogen) atoms. The highest BCUT2D eigenvalue weighted by atomic mass is 32.2. The number of aromatic amines is 1. The van der Waals surface area contributed by atoms with E-state index in [0.717, 1.165) is 0 Å². The molecule has 0 radical (unpaired) electrons. The van der Waals surface area contributed by atoms with E-state index in [1.807, 2.05) is 0 Å². The summed E-state index contributed by atoms with van der Waals surface area (Å²) in [5, 5.41) is 2.47. The van der Waals surface area contributed by atoms with Crippen molar-refractivity contribution in [3.05, 3.63) is 34.2 Å². The Morgan fingerprint density at radius 2 is 2.19 bits per heavy atom. The molecule has 0 bridgehead atoms. The Morgan fingerprint density at radius 3 is 2.81 bits per heavy atom. The predicted molar refractivity (Wildman–Crippen MR) is 72.5 cm³/mol. The molecule has 114 valence electrons. The average molecular weight is 314 g/mol. The lowest BCUT2D eigenvalue weighted by Gasteiger charge is -2.10. The van der Waals surface area contributed by atoms with Crippen molar-refractivity contribution in [1.29, 1.82) is 0 Å². The second-order valence-electron chi connectivity index (χ2n) is 4.66. The maximum absolute atomic E-state index is 11.6. The van der Waals surface area contributed by atoms with E-state index in [1.54, 1.807) is 0 Å². The van der Waals surface area contributed by atoms with Crippen LogP contribution in [0.15, 0.2) is 23.1 Å². The molecule has 0 spiro atoms. The lowest BCUT2D eigenvalue weighted by atomic mass is 10.2. The molecule has 2 rings (SSSR count). The number of hydrogen-bond acceptors (Lipinski definition) is 6. The number of amides is 1. The van der Waals surface area contributed by atoms with Crippen LogP contribution in [0.3, 0.4) is 0 Å². The molecule has 1 aliphatic heterocycles. The number of esters is 1. The Bertz CT molecular complexity index is 708. The monoisotopic (exact) mass is 314 g/mol. The molecule has 0 aliphatic carbocycles. The zero-order chi connectivity index (χ0) is 15.5. The number of H-pyrrole nitrogens is 1. The normalized spacial score (nSPS) is 19.9. The van der Waals surface area contributed by atoms with Crippen molar-refractivity contribution >= 4 is 21.7 Å². The third-order valence-electron chi connectivity index (χ3n) is 2.97. The van der Waals surface area contributed by atoms with Crippen molar-refractivity contribution in [3.63, 3.8) is 0 Å². The van der Waals surface area contributed by atoms with Gasteiger partial charge in [-0.3, -0.25) is 9.59 Å². The summed E-state index contributed by atoms with van der Waals surface area (Å²) in [5.74, 6) is -1.58. The predicted octanol–water partition coefficient (Wildman–Crippen LogP) is -1.16. The third-order valence-corrected chi connectivity index (χ3v) is 4.74. The molecule has 0 unspecified atom stereocenters. The molecule has 2 N–H and O–H groups in total. The number of nitrogens with one attached hydrogen (secondary N) is 2. The molecule has 1 amide bonds. The smallest absolute Gasteiger partial charge is 0.344 e. The van der Waals surface area contributed by atoms with E-state index in [0.29, 0.717) is 6.42 Å². The van der Waals surface area contributed by atoms with Crippen LogP contribution in [0.1, 0.15) is 16.8 Å². The van der Waals surface area contributed by atoms with Gasteiger partial charge in [0.2, 0.25) is 0 Å². The van der Waals surface area contributed by atoms with Gasteiger partial charge in [-0.25, -0.2) is 13.2 Å². The van der Waals surface area contributed by atoms with Crippen molar-refractivity contribution in [2.24, 2.45) is 0 Å². The Kier molecular flexibility index (Phi) is 4.41. The highest BCUT2D eigenvalue weighted by Gasteiger charge is 2.29. The summed E-state index contributed by atoms with van der Waals surface area (Å²) in [4.78, 5) is 36.8. The summed E-state index contributed by atoms with van der Waals surface area (Å²) >= 11 is 0. The largest absolute Gasteiger partial charge is 0.452 e. The Hall–Kier alpha value is -2.16. The molecule has 2 heterocycles. The van der Waals surface area contributed by atoms with Gasteiger partial charge in [0.15, 0.2) is 16.4 Å². The number of carbonyl (C=O) groups is 2. The highest BCUT2D eigenvalue weighted by molar-refractivity contribution is 7.91. The van der Waals surface area contributed by atoms with Crippen LogP contribution in [-0.2, 0) is 19.4 Å². The molecular weight excluding hydrogens is 300 g/mol. The van der Waals surface area contributed by atoms with Gasteiger partial charge in [0.05, 0.1) is 11.5 Å². The zero-order valence-electron chi connectivity index (χ0n) is 11.0. The van der Waals surface area contributed by atoms with Gasteiger partial charge in [0.1, 0.15) is 5.56 Å². The number of ether oxygens (including phenoxy) is 1. The van der Waals surface area contributed by atoms with Gasteiger partial charge in [0.25, 0.3) is 11.5 Å². The zero-order valence-corrected chi connectivity index (χ0v) is 11.8. The number of rotatable bonds is 4. The average Bonchev–Trinajstić information content (AvgIpc) is 2.75. The fourth-order valence-electron chi connectivity index (χ4n) is 1.97. The van der Waals surface area contributed by atoms with E-state index < -0.39 is 39.9 Å².